The summed E-state index contributed by atoms with van der Waals surface area (Å²) in [6.45, 7) is 2.12. The Balaban J connectivity index is 1.79. The van der Waals surface area contributed by atoms with Gasteiger partial charge in [0.05, 0.1) is 18.4 Å². The third kappa shape index (κ3) is 2.28. The van der Waals surface area contributed by atoms with E-state index in [1.807, 2.05) is 55.5 Å². The van der Waals surface area contributed by atoms with Gasteiger partial charge in [-0.05, 0) is 30.7 Å². The molecule has 1 N–H and O–H groups in total. The number of nitrogens with one attached hydrogen (secondary N) is 1. The van der Waals surface area contributed by atoms with E-state index in [-0.39, 0.29) is 24.8 Å². The number of anilines is 2. The van der Waals surface area contributed by atoms with Gasteiger partial charge in [-0.1, -0.05) is 41.8 Å². The molecule has 2 aliphatic rings. The molecule has 0 saturated carbocycles. The van der Waals surface area contributed by atoms with Gasteiger partial charge in [0.25, 0.3) is 0 Å². The van der Waals surface area contributed by atoms with Crippen LogP contribution in [-0.4, -0.2) is 28.1 Å². The van der Waals surface area contributed by atoms with Crippen molar-refractivity contribution < 1.29 is 9.59 Å². The van der Waals surface area contributed by atoms with Crippen molar-refractivity contribution in [3.8, 4) is 18.0 Å². The van der Waals surface area contributed by atoms with Crippen LogP contribution in [0.2, 0.25) is 0 Å². The van der Waals surface area contributed by atoms with E-state index < -0.39 is 5.41 Å². The Hall–Kier alpha value is -3.85. The molecule has 1 atom stereocenters. The van der Waals surface area contributed by atoms with E-state index in [1.165, 1.54) is 0 Å². The fourth-order valence-electron chi connectivity index (χ4n) is 4.42. The van der Waals surface area contributed by atoms with Gasteiger partial charge < -0.3 is 5.32 Å². The van der Waals surface area contributed by atoms with Crippen molar-refractivity contribution in [3.63, 3.8) is 0 Å². The Bertz CT molecular complexity index is 1210. The largest absolute Gasteiger partial charge is 0.310 e. The minimum atomic E-state index is -1.12. The van der Waals surface area contributed by atoms with Crippen LogP contribution in [0.25, 0.3) is 5.69 Å². The molecule has 0 aliphatic carbocycles. The number of benzene rings is 2. The molecule has 0 fully saturated rings. The second-order valence-electron chi connectivity index (χ2n) is 7.40. The van der Waals surface area contributed by atoms with Crippen molar-refractivity contribution in [1.29, 1.82) is 0 Å². The van der Waals surface area contributed by atoms with Crippen molar-refractivity contribution in [2.45, 2.75) is 18.8 Å². The van der Waals surface area contributed by atoms with Gasteiger partial charge in [-0.2, -0.15) is 5.10 Å². The number of aryl methyl sites for hydroxylation is 1. The van der Waals surface area contributed by atoms with E-state index in [1.54, 1.807) is 15.8 Å². The summed E-state index contributed by atoms with van der Waals surface area (Å²) in [7, 11) is 0. The van der Waals surface area contributed by atoms with Gasteiger partial charge >= 0.3 is 0 Å². The van der Waals surface area contributed by atoms with Crippen molar-refractivity contribution in [2.24, 2.45) is 0 Å². The normalized spacial score (nSPS) is 19.7. The smallest absolute Gasteiger partial charge is 0.243 e. The number of fused-ring (bicyclic) bond motifs is 4. The summed E-state index contributed by atoms with van der Waals surface area (Å²) < 4.78 is 1.67. The SMILES string of the molecule is C#CCN1C(=O)C2(CC(=O)Nc3c2cnn3-c2ccccc2)c2cc(C)ccc21. The molecule has 3 aromatic rings. The highest BCUT2D eigenvalue weighted by atomic mass is 16.2. The van der Waals surface area contributed by atoms with Gasteiger partial charge in [-0.15, -0.1) is 6.42 Å². The topological polar surface area (TPSA) is 67.2 Å². The van der Waals surface area contributed by atoms with Gasteiger partial charge in [-0.3, -0.25) is 14.5 Å². The van der Waals surface area contributed by atoms with Crippen molar-refractivity contribution in [1.82, 2.24) is 9.78 Å². The van der Waals surface area contributed by atoms with Crippen LogP contribution in [0.3, 0.4) is 0 Å². The van der Waals surface area contributed by atoms with Gasteiger partial charge in [0, 0.05) is 17.7 Å². The third-order valence-electron chi connectivity index (χ3n) is 5.68. The number of terminal acetylenes is 1. The molecule has 3 heterocycles. The quantitative estimate of drug-likeness (QED) is 0.693. The molecule has 1 spiro atoms. The molecule has 1 aromatic heterocycles. The Morgan fingerprint density at radius 2 is 1.97 bits per heavy atom. The fourth-order valence-corrected chi connectivity index (χ4v) is 4.42. The first-order chi connectivity index (χ1) is 14.1. The molecule has 2 aliphatic heterocycles. The predicted molar refractivity (Wildman–Crippen MR) is 110 cm³/mol. The lowest BCUT2D eigenvalue weighted by Crippen LogP contribution is -2.46. The van der Waals surface area contributed by atoms with Crippen LogP contribution >= 0.6 is 0 Å². The molecule has 0 saturated heterocycles. The highest BCUT2D eigenvalue weighted by molar-refractivity contribution is 6.16. The van der Waals surface area contributed by atoms with E-state index in [0.717, 1.165) is 22.5 Å². The second kappa shape index (κ2) is 6.08. The number of nitrogens with zero attached hydrogens (tertiary/aromatic N) is 3. The van der Waals surface area contributed by atoms with Crippen molar-refractivity contribution >= 4 is 23.3 Å². The predicted octanol–water partition coefficient (Wildman–Crippen LogP) is 2.79. The monoisotopic (exact) mass is 382 g/mol. The molecule has 6 nitrogen and oxygen atoms in total. The Morgan fingerprint density at radius 1 is 1.17 bits per heavy atom. The van der Waals surface area contributed by atoms with E-state index in [0.29, 0.717) is 11.4 Å². The zero-order chi connectivity index (χ0) is 20.2. The zero-order valence-electron chi connectivity index (χ0n) is 15.8. The minimum Gasteiger partial charge on any atom is -0.310 e. The average Bonchev–Trinajstić information content (AvgIpc) is 3.23. The van der Waals surface area contributed by atoms with Crippen LogP contribution < -0.4 is 10.2 Å². The summed E-state index contributed by atoms with van der Waals surface area (Å²) in [6.07, 6.45) is 7.25. The summed E-state index contributed by atoms with van der Waals surface area (Å²) >= 11 is 0. The number of hydrogen-bond donors (Lipinski definition) is 1. The molecule has 142 valence electrons. The number of rotatable bonds is 2. The molecule has 6 heteroatoms. The first kappa shape index (κ1) is 17.3. The minimum absolute atomic E-state index is 0.0246. The molecule has 29 heavy (non-hydrogen) atoms. The zero-order valence-corrected chi connectivity index (χ0v) is 15.8. The molecular weight excluding hydrogens is 364 g/mol. The molecular formula is C23H18N4O2. The van der Waals surface area contributed by atoms with Crippen LogP contribution in [0.15, 0.2) is 54.7 Å². The van der Waals surface area contributed by atoms with Gasteiger partial charge in [-0.25, -0.2) is 4.68 Å². The van der Waals surface area contributed by atoms with Crippen LogP contribution in [0.1, 0.15) is 23.1 Å². The summed E-state index contributed by atoms with van der Waals surface area (Å²) in [4.78, 5) is 28.1. The van der Waals surface area contributed by atoms with E-state index in [9.17, 15) is 9.59 Å². The van der Waals surface area contributed by atoms with E-state index in [2.05, 4.69) is 16.3 Å². The molecule has 2 aromatic carbocycles. The number of para-hydroxylation sites is 1. The van der Waals surface area contributed by atoms with Gasteiger partial charge in [0.1, 0.15) is 11.2 Å². The molecule has 0 radical (unpaired) electrons. The average molecular weight is 382 g/mol. The Kier molecular flexibility index (Phi) is 3.62. The third-order valence-corrected chi connectivity index (χ3v) is 5.68. The van der Waals surface area contributed by atoms with Crippen LogP contribution in [0.4, 0.5) is 11.5 Å². The maximum atomic E-state index is 13.7. The van der Waals surface area contributed by atoms with E-state index >= 15 is 0 Å². The fraction of sp³-hybridized carbons (Fsp3) is 0.174. The lowest BCUT2D eigenvalue weighted by atomic mass is 9.71. The van der Waals surface area contributed by atoms with Crippen molar-refractivity contribution in [2.75, 3.05) is 16.8 Å². The first-order valence-electron chi connectivity index (χ1n) is 9.36. The number of hydrogen-bond acceptors (Lipinski definition) is 3. The van der Waals surface area contributed by atoms with Gasteiger partial charge in [0.2, 0.25) is 11.8 Å². The maximum Gasteiger partial charge on any atom is 0.243 e. The number of carbonyl (C=O) groups excluding carboxylic acids is 2. The Labute approximate surface area is 168 Å². The summed E-state index contributed by atoms with van der Waals surface area (Å²) in [6, 6.07) is 15.4. The number of aromatic nitrogens is 2. The molecule has 5 rings (SSSR count). The van der Waals surface area contributed by atoms with Crippen molar-refractivity contribution in [3.05, 3.63) is 71.4 Å². The second-order valence-corrected chi connectivity index (χ2v) is 7.40. The molecule has 2 amide bonds. The number of amides is 2. The number of carbonyl (C=O) groups is 2. The van der Waals surface area contributed by atoms with Crippen LogP contribution in [0, 0.1) is 19.3 Å². The molecule has 1 unspecified atom stereocenters. The lowest BCUT2D eigenvalue weighted by molar-refractivity contribution is -0.126. The highest BCUT2D eigenvalue weighted by Crippen LogP contribution is 2.52. The molecule has 0 bridgehead atoms. The Morgan fingerprint density at radius 3 is 2.72 bits per heavy atom. The lowest BCUT2D eigenvalue weighted by Gasteiger charge is -2.32. The summed E-state index contributed by atoms with van der Waals surface area (Å²) in [5.41, 5.74) is 2.96. The first-order valence-corrected chi connectivity index (χ1v) is 9.36. The van der Waals surface area contributed by atoms with E-state index in [4.69, 9.17) is 6.42 Å². The highest BCUT2D eigenvalue weighted by Gasteiger charge is 2.57. The standard InChI is InChI=1S/C23H18N4O2/c1-3-11-26-19-10-9-15(2)12-17(19)23(22(26)29)13-20(28)25-21-18(23)14-24-27(21)16-7-5-4-6-8-16/h1,4-10,12,14H,11,13H2,2H3,(H,25,28). The van der Waals surface area contributed by atoms with Crippen LogP contribution in [0.5, 0.6) is 0 Å². The van der Waals surface area contributed by atoms with Crippen LogP contribution in [-0.2, 0) is 15.0 Å². The van der Waals surface area contributed by atoms with Gasteiger partial charge in [0.15, 0.2) is 0 Å². The maximum absolute atomic E-state index is 13.7. The summed E-state index contributed by atoms with van der Waals surface area (Å²) in [5.74, 6) is 2.69. The summed E-state index contributed by atoms with van der Waals surface area (Å²) in [5, 5.41) is 7.43.